The minimum absolute atomic E-state index is 0.220. The number of hydrogen-bond acceptors (Lipinski definition) is 6. The number of hydrogen-bond donors (Lipinski definition) is 0. The van der Waals surface area contributed by atoms with Crippen LogP contribution in [0.1, 0.15) is 226 Å². The summed E-state index contributed by atoms with van der Waals surface area (Å²) < 4.78 is 18.2. The molecule has 0 amide bonds. The zero-order valence-corrected chi connectivity index (χ0v) is 34.3. The third kappa shape index (κ3) is 17.8. The van der Waals surface area contributed by atoms with Crippen LogP contribution in [0.4, 0.5) is 0 Å². The van der Waals surface area contributed by atoms with E-state index in [1.54, 1.807) is 0 Å². The molecule has 0 unspecified atom stereocenters. The lowest BCUT2D eigenvalue weighted by atomic mass is 9.69. The molecule has 52 heavy (non-hydrogen) atoms. The first-order chi connectivity index (χ1) is 25.5. The monoisotopic (exact) mass is 729 g/mol. The molecular weight excluding hydrogens is 649 g/mol. The molecule has 2 aliphatic rings. The van der Waals surface area contributed by atoms with E-state index in [1.165, 1.54) is 83.5 Å². The van der Waals surface area contributed by atoms with Crippen molar-refractivity contribution in [1.29, 1.82) is 0 Å². The molecule has 0 heterocycles. The zero-order valence-electron chi connectivity index (χ0n) is 34.3. The van der Waals surface area contributed by atoms with Crippen molar-refractivity contribution < 1.29 is 28.6 Å². The van der Waals surface area contributed by atoms with E-state index < -0.39 is 23.3 Å². The number of rotatable bonds is 28. The number of carbonyl (C=O) groups is 3. The van der Waals surface area contributed by atoms with E-state index >= 15 is 0 Å². The van der Waals surface area contributed by atoms with Crippen molar-refractivity contribution in [1.82, 2.24) is 0 Å². The fourth-order valence-corrected chi connectivity index (χ4v) is 7.94. The van der Waals surface area contributed by atoms with Crippen molar-refractivity contribution in [2.45, 2.75) is 226 Å². The summed E-state index contributed by atoms with van der Waals surface area (Å²) in [6.45, 7) is 7.45. The Morgan fingerprint density at radius 2 is 0.923 bits per heavy atom. The molecule has 6 heteroatoms. The molecule has 0 aliphatic heterocycles. The maximum Gasteiger partial charge on any atom is 0.336 e. The lowest BCUT2D eigenvalue weighted by molar-refractivity contribution is -0.173. The van der Waals surface area contributed by atoms with Gasteiger partial charge in [0, 0.05) is 0 Å². The maximum atomic E-state index is 14.6. The van der Waals surface area contributed by atoms with Gasteiger partial charge in [0.1, 0.15) is 0 Å². The van der Waals surface area contributed by atoms with E-state index in [-0.39, 0.29) is 25.2 Å². The Balaban J connectivity index is 2.42. The van der Waals surface area contributed by atoms with Crippen LogP contribution in [0.15, 0.2) is 22.8 Å². The van der Waals surface area contributed by atoms with Gasteiger partial charge in [-0.3, -0.25) is 9.59 Å². The van der Waals surface area contributed by atoms with E-state index in [0.29, 0.717) is 19.4 Å². The largest absolute Gasteiger partial charge is 0.465 e. The minimum atomic E-state index is -1.81. The van der Waals surface area contributed by atoms with Crippen LogP contribution in [0.5, 0.6) is 0 Å². The quantitative estimate of drug-likeness (QED) is 0.0345. The summed E-state index contributed by atoms with van der Waals surface area (Å²) in [4.78, 5) is 43.8. The zero-order chi connectivity index (χ0) is 37.5. The predicted octanol–water partition coefficient (Wildman–Crippen LogP) is 13.4. The average molecular weight is 729 g/mol. The molecule has 0 spiro atoms. The second-order valence-electron chi connectivity index (χ2n) is 15.8. The predicted molar refractivity (Wildman–Crippen MR) is 215 cm³/mol. The summed E-state index contributed by atoms with van der Waals surface area (Å²) in [5, 5.41) is 0. The smallest absolute Gasteiger partial charge is 0.336 e. The molecule has 0 radical (unpaired) electrons. The van der Waals surface area contributed by atoms with Gasteiger partial charge in [-0.15, -0.1) is 0 Å². The van der Waals surface area contributed by atoms with Gasteiger partial charge < -0.3 is 14.2 Å². The lowest BCUT2D eigenvalue weighted by Crippen LogP contribution is -2.47. The van der Waals surface area contributed by atoms with Crippen LogP contribution >= 0.6 is 0 Å². The molecule has 0 N–H and O–H groups in total. The highest BCUT2D eigenvalue weighted by molar-refractivity contribution is 6.12. The number of esters is 3. The van der Waals surface area contributed by atoms with Gasteiger partial charge in [0.2, 0.25) is 0 Å². The molecule has 2 rings (SSSR count). The number of allylic oxidation sites excluding steroid dienone is 3. The highest BCUT2D eigenvalue weighted by Crippen LogP contribution is 2.45. The summed E-state index contributed by atoms with van der Waals surface area (Å²) in [7, 11) is 0. The van der Waals surface area contributed by atoms with E-state index in [4.69, 9.17) is 14.2 Å². The number of ether oxygens (including phenoxy) is 3. The Hall–Kier alpha value is -2.11. The van der Waals surface area contributed by atoms with E-state index in [2.05, 4.69) is 26.8 Å². The van der Waals surface area contributed by atoms with Gasteiger partial charge in [0.15, 0.2) is 5.41 Å². The van der Waals surface area contributed by atoms with Crippen molar-refractivity contribution in [2.24, 2.45) is 5.41 Å². The fourth-order valence-electron chi connectivity index (χ4n) is 7.94. The van der Waals surface area contributed by atoms with Gasteiger partial charge in [-0.25, -0.2) is 4.79 Å². The van der Waals surface area contributed by atoms with Gasteiger partial charge in [-0.1, -0.05) is 168 Å². The Bertz CT molecular complexity index is 994. The Morgan fingerprint density at radius 3 is 1.44 bits per heavy atom. The normalized spacial score (nSPS) is 16.6. The molecule has 0 atom stereocenters. The summed E-state index contributed by atoms with van der Waals surface area (Å²) in [5.41, 5.74) is 0.398. The molecule has 0 aromatic rings. The van der Waals surface area contributed by atoms with Crippen LogP contribution in [0.2, 0.25) is 0 Å². The van der Waals surface area contributed by atoms with Crippen molar-refractivity contribution in [3.8, 4) is 0 Å². The van der Waals surface area contributed by atoms with E-state index in [1.807, 2.05) is 0 Å². The summed E-state index contributed by atoms with van der Waals surface area (Å²) >= 11 is 0. The van der Waals surface area contributed by atoms with Gasteiger partial charge in [-0.05, 0) is 75.4 Å². The summed E-state index contributed by atoms with van der Waals surface area (Å²) in [6, 6.07) is 0. The molecule has 0 fully saturated rings. The first-order valence-electron chi connectivity index (χ1n) is 22.5. The second-order valence-corrected chi connectivity index (χ2v) is 15.8. The third-order valence-corrected chi connectivity index (χ3v) is 11.2. The SMILES string of the molecule is CCCCCCCCCOC(=O)C1=C(C2=CCCCCCC2)CCCCCC1(C(=O)OCCCCCCCCC)C(=O)OCCCCCCCCC. The molecule has 6 nitrogen and oxygen atoms in total. The molecule has 300 valence electrons. The standard InChI is InChI=1S/C46H80O6/c1-4-7-10-13-16-22-30-37-50-43(47)42-41(40-33-26-20-19-21-27-34-40)35-28-25-29-36-46(42,44(48)51-38-31-23-17-14-11-8-5-2)45(49)52-39-32-24-18-15-12-9-6-3/h33H,4-32,34-39H2,1-3H3. The van der Waals surface area contributed by atoms with Gasteiger partial charge in [-0.2, -0.15) is 0 Å². The Labute approximate surface area is 320 Å². The summed E-state index contributed by atoms with van der Waals surface area (Å²) in [6.07, 6.45) is 35.2. The van der Waals surface area contributed by atoms with Gasteiger partial charge in [0.05, 0.1) is 25.4 Å². The topological polar surface area (TPSA) is 78.9 Å². The molecule has 0 bridgehead atoms. The van der Waals surface area contributed by atoms with E-state index in [9.17, 15) is 14.4 Å². The van der Waals surface area contributed by atoms with E-state index in [0.717, 1.165) is 114 Å². The fraction of sp³-hybridized carbons (Fsp3) is 0.848. The minimum Gasteiger partial charge on any atom is -0.465 e. The molecule has 2 aliphatic carbocycles. The van der Waals surface area contributed by atoms with Crippen molar-refractivity contribution >= 4 is 17.9 Å². The van der Waals surface area contributed by atoms with Crippen LogP contribution in [0, 0.1) is 5.41 Å². The highest BCUT2D eigenvalue weighted by Gasteiger charge is 2.56. The van der Waals surface area contributed by atoms with Crippen molar-refractivity contribution in [3.05, 3.63) is 22.8 Å². The van der Waals surface area contributed by atoms with Crippen LogP contribution in [-0.4, -0.2) is 37.7 Å². The lowest BCUT2D eigenvalue weighted by Gasteiger charge is -2.35. The number of carbonyl (C=O) groups excluding carboxylic acids is 3. The Kier molecular flexibility index (Phi) is 26.8. The molecular formula is C46H80O6. The van der Waals surface area contributed by atoms with Crippen LogP contribution < -0.4 is 0 Å². The second kappa shape index (κ2) is 30.2. The molecule has 0 aromatic carbocycles. The Morgan fingerprint density at radius 1 is 0.500 bits per heavy atom. The average Bonchev–Trinajstić information content (AvgIpc) is 3.12. The number of unbranched alkanes of at least 4 members (excludes halogenated alkanes) is 18. The maximum absolute atomic E-state index is 14.6. The molecule has 0 aromatic heterocycles. The van der Waals surface area contributed by atoms with Gasteiger partial charge in [0.25, 0.3) is 0 Å². The van der Waals surface area contributed by atoms with Gasteiger partial charge >= 0.3 is 17.9 Å². The first-order valence-corrected chi connectivity index (χ1v) is 22.5. The van der Waals surface area contributed by atoms with Crippen molar-refractivity contribution in [2.75, 3.05) is 19.8 Å². The van der Waals surface area contributed by atoms with Crippen LogP contribution in [-0.2, 0) is 28.6 Å². The molecule has 0 saturated carbocycles. The highest BCUT2D eigenvalue weighted by atomic mass is 16.6. The van der Waals surface area contributed by atoms with Crippen LogP contribution in [0.25, 0.3) is 0 Å². The summed E-state index contributed by atoms with van der Waals surface area (Å²) in [5.74, 6) is -1.75. The third-order valence-electron chi connectivity index (χ3n) is 11.2. The molecule has 0 saturated heterocycles. The first kappa shape index (κ1) is 46.0. The van der Waals surface area contributed by atoms with Crippen LogP contribution in [0.3, 0.4) is 0 Å². The van der Waals surface area contributed by atoms with Crippen molar-refractivity contribution in [3.63, 3.8) is 0 Å².